The number of rotatable bonds is 2. The first kappa shape index (κ1) is 14.8. The first-order valence-corrected chi connectivity index (χ1v) is 8.46. The van der Waals surface area contributed by atoms with Crippen LogP contribution in [-0.2, 0) is 4.79 Å². The Labute approximate surface area is 140 Å². The van der Waals surface area contributed by atoms with Crippen molar-refractivity contribution in [2.24, 2.45) is 0 Å². The second-order valence-electron chi connectivity index (χ2n) is 4.58. The van der Waals surface area contributed by atoms with E-state index in [4.69, 9.17) is 11.6 Å². The lowest BCUT2D eigenvalue weighted by Crippen LogP contribution is -2.28. The van der Waals surface area contributed by atoms with Gasteiger partial charge in [-0.3, -0.25) is 9.69 Å². The molecule has 0 saturated carbocycles. The number of phenols is 1. The van der Waals surface area contributed by atoms with Gasteiger partial charge in [0.15, 0.2) is 0 Å². The molecule has 3 nitrogen and oxygen atoms in total. The molecule has 1 aliphatic rings. The van der Waals surface area contributed by atoms with Crippen molar-refractivity contribution in [3.8, 4) is 5.75 Å². The number of aromatic hydroxyl groups is 1. The highest BCUT2D eigenvalue weighted by atomic mass is 79.9. The molecule has 0 unspecified atom stereocenters. The molecule has 6 heteroatoms. The van der Waals surface area contributed by atoms with Gasteiger partial charge in [0.2, 0.25) is 5.91 Å². The first-order chi connectivity index (χ1) is 10.1. The molecule has 0 aliphatic carbocycles. The van der Waals surface area contributed by atoms with Gasteiger partial charge in [0.05, 0.1) is 11.4 Å². The van der Waals surface area contributed by atoms with Crippen LogP contribution in [0.4, 0.5) is 5.69 Å². The summed E-state index contributed by atoms with van der Waals surface area (Å²) in [6.45, 7) is 0. The molecule has 1 heterocycles. The highest BCUT2D eigenvalue weighted by Gasteiger charge is 2.36. The van der Waals surface area contributed by atoms with Gasteiger partial charge in [0, 0.05) is 9.50 Å². The lowest BCUT2D eigenvalue weighted by atomic mass is 10.2. The number of benzene rings is 2. The molecule has 0 bridgehead atoms. The number of amides is 1. The van der Waals surface area contributed by atoms with Gasteiger partial charge >= 0.3 is 0 Å². The minimum atomic E-state index is -0.183. The van der Waals surface area contributed by atoms with Crippen LogP contribution < -0.4 is 4.90 Å². The van der Waals surface area contributed by atoms with E-state index in [-0.39, 0.29) is 17.0 Å². The van der Waals surface area contributed by atoms with Crippen LogP contribution in [0.5, 0.6) is 5.75 Å². The molecule has 108 valence electrons. The standard InChI is InChI=1S/C15H11BrClNO2S/c16-11-4-2-1-3-10(11)15-18(14(20)8-21-15)12-7-9(17)5-6-13(12)19/h1-7,15,19H,8H2/t15-/m1/s1. The summed E-state index contributed by atoms with van der Waals surface area (Å²) < 4.78 is 0.934. The molecule has 0 spiro atoms. The highest BCUT2D eigenvalue weighted by molar-refractivity contribution is 9.10. The quantitative estimate of drug-likeness (QED) is 0.823. The van der Waals surface area contributed by atoms with E-state index in [9.17, 15) is 9.90 Å². The van der Waals surface area contributed by atoms with Crippen molar-refractivity contribution in [3.63, 3.8) is 0 Å². The van der Waals surface area contributed by atoms with Crippen molar-refractivity contribution < 1.29 is 9.90 Å². The van der Waals surface area contributed by atoms with E-state index in [1.165, 1.54) is 17.8 Å². The molecule has 0 radical (unpaired) electrons. The van der Waals surface area contributed by atoms with E-state index >= 15 is 0 Å². The van der Waals surface area contributed by atoms with Gasteiger partial charge in [-0.15, -0.1) is 11.8 Å². The average Bonchev–Trinajstić information content (AvgIpc) is 2.84. The number of carbonyl (C=O) groups is 1. The van der Waals surface area contributed by atoms with Gasteiger partial charge < -0.3 is 5.11 Å². The monoisotopic (exact) mass is 383 g/mol. The fraction of sp³-hybridized carbons (Fsp3) is 0.133. The van der Waals surface area contributed by atoms with Gasteiger partial charge in [-0.1, -0.05) is 45.7 Å². The van der Waals surface area contributed by atoms with Crippen LogP contribution in [0.1, 0.15) is 10.9 Å². The minimum absolute atomic E-state index is 0.0432. The zero-order valence-corrected chi connectivity index (χ0v) is 14.0. The maximum Gasteiger partial charge on any atom is 0.238 e. The molecule has 1 N–H and O–H groups in total. The maximum atomic E-state index is 12.3. The Morgan fingerprint density at radius 1 is 1.29 bits per heavy atom. The molecular formula is C15H11BrClNO2S. The van der Waals surface area contributed by atoms with Crippen molar-refractivity contribution in [1.29, 1.82) is 0 Å². The predicted molar refractivity (Wildman–Crippen MR) is 89.9 cm³/mol. The Morgan fingerprint density at radius 2 is 2.05 bits per heavy atom. The molecule has 2 aromatic carbocycles. The minimum Gasteiger partial charge on any atom is -0.506 e. The molecule has 1 saturated heterocycles. The number of carbonyl (C=O) groups excluding carboxylic acids is 1. The molecule has 2 aromatic rings. The first-order valence-electron chi connectivity index (χ1n) is 6.24. The van der Waals surface area contributed by atoms with Crippen LogP contribution >= 0.6 is 39.3 Å². The van der Waals surface area contributed by atoms with Gasteiger partial charge in [-0.05, 0) is 29.8 Å². The summed E-state index contributed by atoms with van der Waals surface area (Å²) in [6, 6.07) is 12.5. The molecule has 1 atom stereocenters. The van der Waals surface area contributed by atoms with Gasteiger partial charge in [0.1, 0.15) is 11.1 Å². The molecule has 0 aromatic heterocycles. The summed E-state index contributed by atoms with van der Waals surface area (Å²) in [5, 5.41) is 10.4. The van der Waals surface area contributed by atoms with Crippen molar-refractivity contribution in [3.05, 3.63) is 57.5 Å². The summed E-state index contributed by atoms with van der Waals surface area (Å²) in [4.78, 5) is 13.9. The number of hydrogen-bond donors (Lipinski definition) is 1. The van der Waals surface area contributed by atoms with E-state index in [2.05, 4.69) is 15.9 Å². The molecule has 1 amide bonds. The smallest absolute Gasteiger partial charge is 0.238 e. The Kier molecular flexibility index (Phi) is 4.15. The van der Waals surface area contributed by atoms with Gasteiger partial charge in [-0.2, -0.15) is 0 Å². The second kappa shape index (κ2) is 5.91. The third-order valence-electron chi connectivity index (χ3n) is 3.24. The van der Waals surface area contributed by atoms with Gasteiger partial charge in [-0.25, -0.2) is 0 Å². The number of phenolic OH excluding ortho intramolecular Hbond substituents is 1. The zero-order valence-electron chi connectivity index (χ0n) is 10.8. The molecule has 21 heavy (non-hydrogen) atoms. The van der Waals surface area contributed by atoms with Crippen molar-refractivity contribution in [2.45, 2.75) is 5.37 Å². The Hall–Kier alpha value is -1.17. The lowest BCUT2D eigenvalue weighted by Gasteiger charge is -2.25. The van der Waals surface area contributed by atoms with Crippen molar-refractivity contribution in [2.75, 3.05) is 10.7 Å². The number of hydrogen-bond acceptors (Lipinski definition) is 3. The summed E-state index contributed by atoms with van der Waals surface area (Å²) in [7, 11) is 0. The van der Waals surface area contributed by atoms with Crippen molar-refractivity contribution >= 4 is 50.9 Å². The van der Waals surface area contributed by atoms with Crippen LogP contribution in [0.15, 0.2) is 46.9 Å². The number of anilines is 1. The Bertz CT molecular complexity index is 710. The van der Waals surface area contributed by atoms with Crippen LogP contribution in [0, 0.1) is 0 Å². The molecular weight excluding hydrogens is 374 g/mol. The SMILES string of the molecule is O=C1CS[C@H](c2ccccc2Br)N1c1cc(Cl)ccc1O. The fourth-order valence-corrected chi connectivity index (χ4v) is 4.30. The van der Waals surface area contributed by atoms with Crippen LogP contribution in [0.25, 0.3) is 0 Å². The topological polar surface area (TPSA) is 40.5 Å². The third kappa shape index (κ3) is 2.78. The molecule has 1 aliphatic heterocycles. The number of nitrogens with zero attached hydrogens (tertiary/aromatic N) is 1. The lowest BCUT2D eigenvalue weighted by molar-refractivity contribution is -0.115. The fourth-order valence-electron chi connectivity index (χ4n) is 2.28. The third-order valence-corrected chi connectivity index (χ3v) is 5.39. The number of thioether (sulfide) groups is 1. The average molecular weight is 385 g/mol. The van der Waals surface area contributed by atoms with Gasteiger partial charge in [0.25, 0.3) is 0 Å². The van der Waals surface area contributed by atoms with Crippen LogP contribution in [-0.4, -0.2) is 16.8 Å². The maximum absolute atomic E-state index is 12.3. The summed E-state index contributed by atoms with van der Waals surface area (Å²) in [5.74, 6) is 0.378. The Balaban J connectivity index is 2.08. The highest BCUT2D eigenvalue weighted by Crippen LogP contribution is 2.46. The summed E-state index contributed by atoms with van der Waals surface area (Å²) >= 11 is 11.0. The second-order valence-corrected chi connectivity index (χ2v) is 6.94. The van der Waals surface area contributed by atoms with Crippen LogP contribution in [0.3, 0.4) is 0 Å². The molecule has 1 fully saturated rings. The van der Waals surface area contributed by atoms with E-state index in [1.807, 2.05) is 24.3 Å². The normalized spacial score (nSPS) is 18.3. The van der Waals surface area contributed by atoms with E-state index < -0.39 is 0 Å². The van der Waals surface area contributed by atoms with E-state index in [0.29, 0.717) is 16.5 Å². The zero-order chi connectivity index (χ0) is 15.0. The predicted octanol–water partition coefficient (Wildman–Crippen LogP) is 4.59. The molecule has 3 rings (SSSR count). The summed E-state index contributed by atoms with van der Waals surface area (Å²) in [6.07, 6.45) is 0. The Morgan fingerprint density at radius 3 is 2.81 bits per heavy atom. The van der Waals surface area contributed by atoms with Crippen LogP contribution in [0.2, 0.25) is 5.02 Å². The van der Waals surface area contributed by atoms with E-state index in [1.54, 1.807) is 17.0 Å². The largest absolute Gasteiger partial charge is 0.506 e. The summed E-state index contributed by atoms with van der Waals surface area (Å²) in [5.41, 5.74) is 1.44. The number of halogens is 2. The van der Waals surface area contributed by atoms with Crippen molar-refractivity contribution in [1.82, 2.24) is 0 Å². The van der Waals surface area contributed by atoms with E-state index in [0.717, 1.165) is 10.0 Å².